The van der Waals surface area contributed by atoms with E-state index < -0.39 is 0 Å². The van der Waals surface area contributed by atoms with Crippen molar-refractivity contribution in [3.63, 3.8) is 0 Å². The van der Waals surface area contributed by atoms with Crippen LogP contribution in [-0.2, 0) is 4.79 Å². The van der Waals surface area contributed by atoms with Gasteiger partial charge in [0.1, 0.15) is 0 Å². The van der Waals surface area contributed by atoms with Crippen LogP contribution in [0.15, 0.2) is 0 Å². The molecule has 76 valence electrons. The number of rotatable bonds is 4. The van der Waals surface area contributed by atoms with Gasteiger partial charge in [-0.25, -0.2) is 0 Å². The van der Waals surface area contributed by atoms with Gasteiger partial charge in [0.15, 0.2) is 0 Å². The fourth-order valence-electron chi connectivity index (χ4n) is 1.87. The van der Waals surface area contributed by atoms with Gasteiger partial charge in [-0.15, -0.1) is 0 Å². The fraction of sp³-hybridized carbons (Fsp3) is 0.900. The van der Waals surface area contributed by atoms with Gasteiger partial charge < -0.3 is 11.1 Å². The minimum atomic E-state index is 0.119. The molecule has 1 saturated carbocycles. The lowest BCUT2D eigenvalue weighted by Gasteiger charge is -2.13. The average Bonchev–Trinajstić information content (AvgIpc) is 2.56. The first-order valence-electron chi connectivity index (χ1n) is 5.21. The Morgan fingerprint density at radius 3 is 2.69 bits per heavy atom. The SMILES string of the molecule is CC(CN)NC(=O)CC1CCCC1. The Labute approximate surface area is 80.1 Å². The van der Waals surface area contributed by atoms with Gasteiger partial charge in [-0.2, -0.15) is 0 Å². The second-order valence-corrected chi connectivity index (χ2v) is 4.06. The summed E-state index contributed by atoms with van der Waals surface area (Å²) in [4.78, 5) is 11.4. The highest BCUT2D eigenvalue weighted by molar-refractivity contribution is 5.76. The summed E-state index contributed by atoms with van der Waals surface area (Å²) >= 11 is 0. The number of carbonyl (C=O) groups is 1. The van der Waals surface area contributed by atoms with E-state index in [4.69, 9.17) is 5.73 Å². The molecule has 1 rings (SSSR count). The Kier molecular flexibility index (Phi) is 4.22. The summed E-state index contributed by atoms with van der Waals surface area (Å²) in [7, 11) is 0. The van der Waals surface area contributed by atoms with Crippen molar-refractivity contribution in [2.45, 2.75) is 45.1 Å². The molecule has 3 N–H and O–H groups in total. The van der Waals surface area contributed by atoms with E-state index in [-0.39, 0.29) is 11.9 Å². The second-order valence-electron chi connectivity index (χ2n) is 4.06. The largest absolute Gasteiger partial charge is 0.352 e. The lowest BCUT2D eigenvalue weighted by molar-refractivity contribution is -0.122. The van der Waals surface area contributed by atoms with Gasteiger partial charge in [0, 0.05) is 19.0 Å². The summed E-state index contributed by atoms with van der Waals surface area (Å²) < 4.78 is 0. The van der Waals surface area contributed by atoms with E-state index in [0.717, 1.165) is 0 Å². The smallest absolute Gasteiger partial charge is 0.220 e. The Balaban J connectivity index is 2.16. The third-order valence-electron chi connectivity index (χ3n) is 2.71. The highest BCUT2D eigenvalue weighted by Gasteiger charge is 2.18. The molecule has 0 bridgehead atoms. The third kappa shape index (κ3) is 3.77. The summed E-state index contributed by atoms with van der Waals surface area (Å²) in [5.41, 5.74) is 5.41. The predicted molar refractivity (Wildman–Crippen MR) is 53.2 cm³/mol. The zero-order chi connectivity index (χ0) is 9.68. The topological polar surface area (TPSA) is 55.1 Å². The highest BCUT2D eigenvalue weighted by atomic mass is 16.1. The number of carbonyl (C=O) groups excluding carboxylic acids is 1. The molecule has 0 aliphatic heterocycles. The van der Waals surface area contributed by atoms with Crippen molar-refractivity contribution in [1.29, 1.82) is 0 Å². The van der Waals surface area contributed by atoms with Crippen LogP contribution in [0.4, 0.5) is 0 Å². The quantitative estimate of drug-likeness (QED) is 0.685. The van der Waals surface area contributed by atoms with Gasteiger partial charge >= 0.3 is 0 Å². The lowest BCUT2D eigenvalue weighted by atomic mass is 10.0. The first-order chi connectivity index (χ1) is 6.22. The molecule has 1 fully saturated rings. The van der Waals surface area contributed by atoms with Crippen molar-refractivity contribution in [2.24, 2.45) is 11.7 Å². The van der Waals surface area contributed by atoms with Crippen LogP contribution in [-0.4, -0.2) is 18.5 Å². The molecule has 0 saturated heterocycles. The van der Waals surface area contributed by atoms with Gasteiger partial charge in [-0.05, 0) is 25.7 Å². The number of nitrogens with one attached hydrogen (secondary N) is 1. The molecule has 0 aromatic carbocycles. The maximum Gasteiger partial charge on any atom is 0.220 e. The van der Waals surface area contributed by atoms with Gasteiger partial charge in [0.25, 0.3) is 0 Å². The molecule has 0 aromatic heterocycles. The van der Waals surface area contributed by atoms with E-state index in [9.17, 15) is 4.79 Å². The van der Waals surface area contributed by atoms with Crippen molar-refractivity contribution in [1.82, 2.24) is 5.32 Å². The standard InChI is InChI=1S/C10H20N2O/c1-8(7-11)12-10(13)6-9-4-2-3-5-9/h8-9H,2-7,11H2,1H3,(H,12,13). The van der Waals surface area contributed by atoms with E-state index in [1.54, 1.807) is 0 Å². The monoisotopic (exact) mass is 184 g/mol. The molecule has 1 atom stereocenters. The van der Waals surface area contributed by atoms with Crippen molar-refractivity contribution >= 4 is 5.91 Å². The molecule has 0 radical (unpaired) electrons. The molecule has 1 amide bonds. The van der Waals surface area contributed by atoms with Gasteiger partial charge in [0.05, 0.1) is 0 Å². The number of hydrogen-bond acceptors (Lipinski definition) is 2. The molecule has 0 heterocycles. The Hall–Kier alpha value is -0.570. The fourth-order valence-corrected chi connectivity index (χ4v) is 1.87. The lowest BCUT2D eigenvalue weighted by Crippen LogP contribution is -2.38. The van der Waals surface area contributed by atoms with Crippen LogP contribution in [0.2, 0.25) is 0 Å². The maximum absolute atomic E-state index is 11.4. The van der Waals surface area contributed by atoms with Crippen molar-refractivity contribution < 1.29 is 4.79 Å². The van der Waals surface area contributed by atoms with Crippen LogP contribution in [0.25, 0.3) is 0 Å². The molecular weight excluding hydrogens is 164 g/mol. The Morgan fingerprint density at radius 1 is 1.54 bits per heavy atom. The van der Waals surface area contributed by atoms with Crippen LogP contribution in [0.3, 0.4) is 0 Å². The molecule has 1 aliphatic carbocycles. The van der Waals surface area contributed by atoms with Gasteiger partial charge in [-0.1, -0.05) is 12.8 Å². The van der Waals surface area contributed by atoms with Gasteiger partial charge in [-0.3, -0.25) is 4.79 Å². The number of hydrogen-bond donors (Lipinski definition) is 2. The first kappa shape index (κ1) is 10.5. The van der Waals surface area contributed by atoms with E-state index in [1.165, 1.54) is 25.7 Å². The Morgan fingerprint density at radius 2 is 2.15 bits per heavy atom. The van der Waals surface area contributed by atoms with Crippen LogP contribution >= 0.6 is 0 Å². The molecule has 0 spiro atoms. The van der Waals surface area contributed by atoms with Crippen LogP contribution < -0.4 is 11.1 Å². The van der Waals surface area contributed by atoms with Crippen LogP contribution in [0.5, 0.6) is 0 Å². The second kappa shape index (κ2) is 5.22. The van der Waals surface area contributed by atoms with E-state index in [1.807, 2.05) is 6.92 Å². The minimum absolute atomic E-state index is 0.119. The molecule has 1 unspecified atom stereocenters. The van der Waals surface area contributed by atoms with E-state index >= 15 is 0 Å². The zero-order valence-corrected chi connectivity index (χ0v) is 8.38. The van der Waals surface area contributed by atoms with E-state index in [0.29, 0.717) is 18.9 Å². The van der Waals surface area contributed by atoms with Gasteiger partial charge in [0.2, 0.25) is 5.91 Å². The summed E-state index contributed by atoms with van der Waals surface area (Å²) in [5.74, 6) is 0.801. The Bertz CT molecular complexity index is 164. The third-order valence-corrected chi connectivity index (χ3v) is 2.71. The van der Waals surface area contributed by atoms with Crippen LogP contribution in [0.1, 0.15) is 39.0 Å². The number of nitrogens with two attached hydrogens (primary N) is 1. The molecular formula is C10H20N2O. The average molecular weight is 184 g/mol. The van der Waals surface area contributed by atoms with E-state index in [2.05, 4.69) is 5.32 Å². The predicted octanol–water partition coefficient (Wildman–Crippen LogP) is 1.03. The summed E-state index contributed by atoms with van der Waals surface area (Å²) in [6.07, 6.45) is 5.74. The summed E-state index contributed by atoms with van der Waals surface area (Å²) in [6.45, 7) is 2.46. The zero-order valence-electron chi connectivity index (χ0n) is 8.38. The minimum Gasteiger partial charge on any atom is -0.352 e. The van der Waals surface area contributed by atoms with Crippen molar-refractivity contribution in [3.8, 4) is 0 Å². The maximum atomic E-state index is 11.4. The van der Waals surface area contributed by atoms with Crippen molar-refractivity contribution in [3.05, 3.63) is 0 Å². The number of amides is 1. The summed E-state index contributed by atoms with van der Waals surface area (Å²) in [5, 5.41) is 2.89. The summed E-state index contributed by atoms with van der Waals surface area (Å²) in [6, 6.07) is 0.119. The molecule has 1 aliphatic rings. The molecule has 0 aromatic rings. The molecule has 3 heteroatoms. The van der Waals surface area contributed by atoms with Crippen molar-refractivity contribution in [2.75, 3.05) is 6.54 Å². The highest BCUT2D eigenvalue weighted by Crippen LogP contribution is 2.27. The molecule has 13 heavy (non-hydrogen) atoms. The first-order valence-corrected chi connectivity index (χ1v) is 5.21. The normalized spacial score (nSPS) is 20.2. The molecule has 3 nitrogen and oxygen atoms in total. The van der Waals surface area contributed by atoms with Crippen LogP contribution in [0, 0.1) is 5.92 Å².